The molecule has 0 radical (unpaired) electrons. The number of hydrogen-bond acceptors (Lipinski definition) is 5. The molecule has 1 aliphatic rings. The Hall–Kier alpha value is -2.15. The average Bonchev–Trinajstić information content (AvgIpc) is 2.70. The Bertz CT molecular complexity index is 1120. The van der Waals surface area contributed by atoms with Crippen LogP contribution in [0.2, 0.25) is 5.02 Å². The van der Waals surface area contributed by atoms with E-state index in [1.54, 1.807) is 30.3 Å². The van der Waals surface area contributed by atoms with Crippen LogP contribution >= 0.6 is 11.6 Å². The summed E-state index contributed by atoms with van der Waals surface area (Å²) in [5.74, 6) is 0. The third kappa shape index (κ3) is 4.46. The monoisotopic (exact) mass is 447 g/mol. The van der Waals surface area contributed by atoms with E-state index in [1.807, 2.05) is 6.92 Å². The molecule has 0 atom stereocenters. The first-order chi connectivity index (χ1) is 14.1. The molecule has 0 saturated heterocycles. The highest BCUT2D eigenvalue weighted by molar-refractivity contribution is 7.90. The molecule has 160 valence electrons. The molecule has 0 unspecified atom stereocenters. The zero-order valence-corrected chi connectivity index (χ0v) is 18.7. The molecule has 1 aliphatic carbocycles. The Labute approximate surface area is 182 Å². The van der Waals surface area contributed by atoms with Crippen LogP contribution in [0.5, 0.6) is 0 Å². The van der Waals surface area contributed by atoms with E-state index in [-0.39, 0.29) is 16.2 Å². The normalized spacial score (nSPS) is 17.3. The molecule has 0 aromatic heterocycles. The van der Waals surface area contributed by atoms with Crippen LogP contribution in [0.3, 0.4) is 0 Å². The van der Waals surface area contributed by atoms with Crippen molar-refractivity contribution >= 4 is 33.3 Å². The third-order valence-electron chi connectivity index (χ3n) is 5.77. The van der Waals surface area contributed by atoms with Crippen LogP contribution in [-0.2, 0) is 14.6 Å². The quantitative estimate of drug-likeness (QED) is 0.526. The highest BCUT2D eigenvalue weighted by atomic mass is 35.5. The summed E-state index contributed by atoms with van der Waals surface area (Å²) in [6.45, 7) is 1.83. The van der Waals surface area contributed by atoms with E-state index in [9.17, 15) is 18.3 Å². The molecule has 2 aromatic rings. The van der Waals surface area contributed by atoms with Crippen molar-refractivity contribution in [2.24, 2.45) is 5.73 Å². The van der Waals surface area contributed by atoms with Gasteiger partial charge in [-0.25, -0.2) is 8.42 Å². The second kappa shape index (κ2) is 8.53. The van der Waals surface area contributed by atoms with Gasteiger partial charge in [0.1, 0.15) is 5.60 Å². The second-order valence-electron chi connectivity index (χ2n) is 7.98. The minimum absolute atomic E-state index is 0.184. The lowest BCUT2D eigenvalue weighted by Gasteiger charge is -2.33. The molecular weight excluding hydrogens is 422 g/mol. The van der Waals surface area contributed by atoms with Gasteiger partial charge in [0.05, 0.1) is 10.6 Å². The fourth-order valence-electron chi connectivity index (χ4n) is 4.02. The summed E-state index contributed by atoms with van der Waals surface area (Å²) in [7, 11) is -3.35. The minimum Gasteiger partial charge on any atom is -0.399 e. The lowest BCUT2D eigenvalue weighted by Crippen LogP contribution is -2.38. The summed E-state index contributed by atoms with van der Waals surface area (Å²) in [5, 5.41) is 11.3. The molecule has 2 aromatic carbocycles. The predicted octanol–water partition coefficient (Wildman–Crippen LogP) is 4.28. The van der Waals surface area contributed by atoms with Gasteiger partial charge in [0.2, 0.25) is 0 Å². The zero-order valence-electron chi connectivity index (χ0n) is 17.1. The second-order valence-corrected chi connectivity index (χ2v) is 10.4. The van der Waals surface area contributed by atoms with Crippen LogP contribution in [-0.4, -0.2) is 31.7 Å². The van der Waals surface area contributed by atoms with E-state index >= 15 is 0 Å². The summed E-state index contributed by atoms with van der Waals surface area (Å²) >= 11 is 6.54. The van der Waals surface area contributed by atoms with Crippen molar-refractivity contribution in [2.45, 2.75) is 49.5 Å². The van der Waals surface area contributed by atoms with Gasteiger partial charge in [0.15, 0.2) is 16.1 Å². The standard InChI is InChI=1S/C23H26ClNO4S/c1-15-11-19(16-7-6-8-17(12-16)30(2,28)29)21(24)13-18(15)20(14-26)22(25)23(27)9-4-3-5-10-23/h6-8,11-14,27H,3-5,9-10,25H2,1-2H3/b22-20-. The van der Waals surface area contributed by atoms with Crippen molar-refractivity contribution in [3.8, 4) is 11.1 Å². The van der Waals surface area contributed by atoms with Crippen LogP contribution in [0.25, 0.3) is 16.7 Å². The molecule has 5 nitrogen and oxygen atoms in total. The summed E-state index contributed by atoms with van der Waals surface area (Å²) in [4.78, 5) is 12.2. The van der Waals surface area contributed by atoms with Crippen LogP contribution in [0.4, 0.5) is 0 Å². The number of nitrogens with two attached hydrogens (primary N) is 1. The lowest BCUT2D eigenvalue weighted by molar-refractivity contribution is -0.103. The summed E-state index contributed by atoms with van der Waals surface area (Å²) in [5.41, 5.74) is 8.17. The molecule has 0 aliphatic heterocycles. The number of carbonyl (C=O) groups is 1. The number of benzene rings is 2. The van der Waals surface area contributed by atoms with Crippen molar-refractivity contribution in [2.75, 3.05) is 6.26 Å². The molecule has 1 fully saturated rings. The SMILES string of the molecule is Cc1cc(-c2cccc(S(C)(=O)=O)c2)c(Cl)cc1/C(C=O)=C(\N)C1(O)CCCCC1. The first kappa shape index (κ1) is 22.5. The molecule has 0 bridgehead atoms. The molecule has 30 heavy (non-hydrogen) atoms. The lowest BCUT2D eigenvalue weighted by atomic mass is 9.80. The topological polar surface area (TPSA) is 97.5 Å². The highest BCUT2D eigenvalue weighted by Crippen LogP contribution is 2.38. The number of allylic oxidation sites excluding steroid dienone is 1. The van der Waals surface area contributed by atoms with Crippen molar-refractivity contribution in [1.29, 1.82) is 0 Å². The number of hydrogen-bond donors (Lipinski definition) is 2. The Morgan fingerprint density at radius 3 is 2.43 bits per heavy atom. The summed E-state index contributed by atoms with van der Waals surface area (Å²) in [6.07, 6.45) is 5.64. The van der Waals surface area contributed by atoms with Crippen molar-refractivity contribution in [1.82, 2.24) is 0 Å². The fraction of sp³-hybridized carbons (Fsp3) is 0.348. The first-order valence-electron chi connectivity index (χ1n) is 9.85. The van der Waals surface area contributed by atoms with E-state index in [2.05, 4.69) is 0 Å². The Balaban J connectivity index is 2.11. The maximum atomic E-state index is 11.9. The largest absolute Gasteiger partial charge is 0.399 e. The van der Waals surface area contributed by atoms with Gasteiger partial charge in [-0.1, -0.05) is 43.0 Å². The molecule has 0 heterocycles. The van der Waals surface area contributed by atoms with Gasteiger partial charge in [-0.15, -0.1) is 0 Å². The van der Waals surface area contributed by atoms with Gasteiger partial charge in [0, 0.05) is 22.4 Å². The molecular formula is C23H26ClNO4S. The molecule has 3 N–H and O–H groups in total. The maximum absolute atomic E-state index is 11.9. The number of aldehydes is 1. The molecule has 0 spiro atoms. The first-order valence-corrected chi connectivity index (χ1v) is 12.1. The summed E-state index contributed by atoms with van der Waals surface area (Å²) < 4.78 is 23.8. The van der Waals surface area contributed by atoms with Crippen molar-refractivity contribution < 1.29 is 18.3 Å². The van der Waals surface area contributed by atoms with E-state index in [1.165, 1.54) is 6.07 Å². The maximum Gasteiger partial charge on any atom is 0.175 e. The van der Waals surface area contributed by atoms with Gasteiger partial charge in [0.25, 0.3) is 0 Å². The Morgan fingerprint density at radius 1 is 1.17 bits per heavy atom. The molecule has 1 saturated carbocycles. The van der Waals surface area contributed by atoms with Gasteiger partial charge >= 0.3 is 0 Å². The van der Waals surface area contributed by atoms with E-state index < -0.39 is 15.4 Å². The highest BCUT2D eigenvalue weighted by Gasteiger charge is 2.34. The third-order valence-corrected chi connectivity index (χ3v) is 7.19. The smallest absolute Gasteiger partial charge is 0.175 e. The van der Waals surface area contributed by atoms with Crippen LogP contribution in [0.1, 0.15) is 43.2 Å². The van der Waals surface area contributed by atoms with E-state index in [0.29, 0.717) is 40.8 Å². The average molecular weight is 448 g/mol. The Morgan fingerprint density at radius 2 is 1.83 bits per heavy atom. The molecule has 7 heteroatoms. The number of sulfone groups is 1. The van der Waals surface area contributed by atoms with Gasteiger partial charge in [-0.2, -0.15) is 0 Å². The van der Waals surface area contributed by atoms with Crippen molar-refractivity contribution in [3.05, 3.63) is 58.2 Å². The fourth-order valence-corrected chi connectivity index (χ4v) is 4.96. The van der Waals surface area contributed by atoms with Crippen LogP contribution < -0.4 is 5.73 Å². The molecule has 3 rings (SSSR count). The Kier molecular flexibility index (Phi) is 6.41. The number of carbonyl (C=O) groups excluding carboxylic acids is 1. The number of rotatable bonds is 5. The van der Waals surface area contributed by atoms with Gasteiger partial charge < -0.3 is 10.8 Å². The van der Waals surface area contributed by atoms with Crippen LogP contribution in [0.15, 0.2) is 47.0 Å². The minimum atomic E-state index is -3.35. The number of aliphatic hydroxyl groups is 1. The molecule has 0 amide bonds. The van der Waals surface area contributed by atoms with Crippen LogP contribution in [0, 0.1) is 6.92 Å². The van der Waals surface area contributed by atoms with E-state index in [4.69, 9.17) is 17.3 Å². The van der Waals surface area contributed by atoms with Gasteiger partial charge in [-0.05, 0) is 60.7 Å². The van der Waals surface area contributed by atoms with Crippen molar-refractivity contribution in [3.63, 3.8) is 0 Å². The van der Waals surface area contributed by atoms with Gasteiger partial charge in [-0.3, -0.25) is 4.79 Å². The zero-order chi connectivity index (χ0) is 22.1. The number of aryl methyl sites for hydroxylation is 1. The summed E-state index contributed by atoms with van der Waals surface area (Å²) in [6, 6.07) is 10.0. The predicted molar refractivity (Wildman–Crippen MR) is 120 cm³/mol. The van der Waals surface area contributed by atoms with E-state index in [0.717, 1.165) is 31.1 Å². The number of halogens is 1.